The number of nitrogens with one attached hydrogen (secondary N) is 1. The van der Waals surface area contributed by atoms with Crippen LogP contribution in [0.25, 0.3) is 0 Å². The standard InChI is InChI=1S/C16H34N2/c1-6-14(4)12-15(5)18-11-9-10-17-16(7-2,8-3)13-18/h14-15,17H,6-13H2,1-5H3. The number of hydrogen-bond donors (Lipinski definition) is 1. The Hall–Kier alpha value is -0.0800. The van der Waals surface area contributed by atoms with Gasteiger partial charge in [0.05, 0.1) is 0 Å². The zero-order valence-electron chi connectivity index (χ0n) is 13.3. The number of rotatable bonds is 6. The summed E-state index contributed by atoms with van der Waals surface area (Å²) in [6.45, 7) is 15.5. The van der Waals surface area contributed by atoms with Crippen molar-refractivity contribution in [1.29, 1.82) is 0 Å². The van der Waals surface area contributed by atoms with Crippen molar-refractivity contribution in [3.63, 3.8) is 0 Å². The highest BCUT2D eigenvalue weighted by molar-refractivity contribution is 4.92. The van der Waals surface area contributed by atoms with Crippen LogP contribution in [0.15, 0.2) is 0 Å². The van der Waals surface area contributed by atoms with E-state index in [1.807, 2.05) is 0 Å². The lowest BCUT2D eigenvalue weighted by molar-refractivity contribution is 0.140. The predicted molar refractivity (Wildman–Crippen MR) is 81.0 cm³/mol. The molecule has 1 fully saturated rings. The molecule has 0 aromatic rings. The molecule has 2 unspecified atom stereocenters. The Morgan fingerprint density at radius 2 is 1.83 bits per heavy atom. The summed E-state index contributed by atoms with van der Waals surface area (Å²) < 4.78 is 0. The van der Waals surface area contributed by atoms with Crippen molar-refractivity contribution in [3.05, 3.63) is 0 Å². The smallest absolute Gasteiger partial charge is 0.0303 e. The first kappa shape index (κ1) is 16.0. The van der Waals surface area contributed by atoms with Crippen LogP contribution in [-0.4, -0.2) is 36.1 Å². The van der Waals surface area contributed by atoms with E-state index >= 15 is 0 Å². The van der Waals surface area contributed by atoms with Crippen molar-refractivity contribution >= 4 is 0 Å². The molecule has 1 aliphatic rings. The minimum Gasteiger partial charge on any atom is -0.310 e. The Morgan fingerprint density at radius 1 is 1.17 bits per heavy atom. The van der Waals surface area contributed by atoms with E-state index in [0.29, 0.717) is 5.54 Å². The number of nitrogens with zero attached hydrogens (tertiary/aromatic N) is 1. The van der Waals surface area contributed by atoms with E-state index < -0.39 is 0 Å². The molecule has 0 spiro atoms. The molecule has 0 bridgehead atoms. The van der Waals surface area contributed by atoms with Gasteiger partial charge < -0.3 is 5.32 Å². The third-order valence-electron chi connectivity index (χ3n) is 5.05. The van der Waals surface area contributed by atoms with Crippen LogP contribution in [0.1, 0.15) is 66.7 Å². The first-order valence-corrected chi connectivity index (χ1v) is 8.06. The van der Waals surface area contributed by atoms with Crippen molar-refractivity contribution < 1.29 is 0 Å². The highest BCUT2D eigenvalue weighted by Gasteiger charge is 2.32. The minimum absolute atomic E-state index is 0.361. The zero-order valence-corrected chi connectivity index (χ0v) is 13.3. The second-order valence-corrected chi connectivity index (χ2v) is 6.34. The van der Waals surface area contributed by atoms with Gasteiger partial charge in [0.25, 0.3) is 0 Å². The van der Waals surface area contributed by atoms with E-state index in [0.717, 1.165) is 12.0 Å². The lowest BCUT2D eigenvalue weighted by Crippen LogP contribution is -2.52. The maximum Gasteiger partial charge on any atom is 0.0303 e. The van der Waals surface area contributed by atoms with Gasteiger partial charge in [-0.3, -0.25) is 4.90 Å². The van der Waals surface area contributed by atoms with Gasteiger partial charge in [-0.05, 0) is 51.6 Å². The van der Waals surface area contributed by atoms with Crippen molar-refractivity contribution in [2.75, 3.05) is 19.6 Å². The summed E-state index contributed by atoms with van der Waals surface area (Å²) in [5.41, 5.74) is 0.361. The maximum atomic E-state index is 3.80. The third kappa shape index (κ3) is 4.24. The molecular formula is C16H34N2. The molecule has 1 aliphatic heterocycles. The summed E-state index contributed by atoms with van der Waals surface area (Å²) in [6, 6.07) is 0.734. The van der Waals surface area contributed by atoms with Gasteiger partial charge in [0.2, 0.25) is 0 Å². The number of hydrogen-bond acceptors (Lipinski definition) is 2. The topological polar surface area (TPSA) is 15.3 Å². The van der Waals surface area contributed by atoms with Crippen LogP contribution in [0.4, 0.5) is 0 Å². The molecule has 0 radical (unpaired) electrons. The molecule has 2 heteroatoms. The Balaban J connectivity index is 2.63. The molecule has 1 N–H and O–H groups in total. The molecule has 0 aliphatic carbocycles. The van der Waals surface area contributed by atoms with E-state index in [2.05, 4.69) is 44.8 Å². The molecule has 18 heavy (non-hydrogen) atoms. The molecule has 0 saturated carbocycles. The Labute approximate surface area is 115 Å². The maximum absolute atomic E-state index is 3.80. The van der Waals surface area contributed by atoms with Crippen LogP contribution in [0.2, 0.25) is 0 Å². The fraction of sp³-hybridized carbons (Fsp3) is 1.00. The van der Waals surface area contributed by atoms with Gasteiger partial charge in [0.1, 0.15) is 0 Å². The van der Waals surface area contributed by atoms with Crippen LogP contribution in [0.5, 0.6) is 0 Å². The van der Waals surface area contributed by atoms with Gasteiger partial charge >= 0.3 is 0 Å². The summed E-state index contributed by atoms with van der Waals surface area (Å²) in [6.07, 6.45) is 6.45. The van der Waals surface area contributed by atoms with Crippen LogP contribution >= 0.6 is 0 Å². The lowest BCUT2D eigenvalue weighted by Gasteiger charge is -2.38. The Morgan fingerprint density at radius 3 is 2.39 bits per heavy atom. The van der Waals surface area contributed by atoms with Gasteiger partial charge in [-0.25, -0.2) is 0 Å². The molecule has 0 aromatic carbocycles. The quantitative estimate of drug-likeness (QED) is 0.778. The average Bonchev–Trinajstić information content (AvgIpc) is 2.61. The van der Waals surface area contributed by atoms with Crippen LogP contribution in [0.3, 0.4) is 0 Å². The van der Waals surface area contributed by atoms with Gasteiger partial charge in [-0.15, -0.1) is 0 Å². The van der Waals surface area contributed by atoms with Gasteiger partial charge in [0.15, 0.2) is 0 Å². The summed E-state index contributed by atoms with van der Waals surface area (Å²) in [7, 11) is 0. The third-order valence-corrected chi connectivity index (χ3v) is 5.05. The lowest BCUT2D eigenvalue weighted by atomic mass is 9.91. The van der Waals surface area contributed by atoms with E-state index in [9.17, 15) is 0 Å². The monoisotopic (exact) mass is 254 g/mol. The highest BCUT2D eigenvalue weighted by atomic mass is 15.2. The van der Waals surface area contributed by atoms with E-state index in [1.165, 1.54) is 51.7 Å². The first-order chi connectivity index (χ1) is 8.56. The van der Waals surface area contributed by atoms with Gasteiger partial charge in [-0.2, -0.15) is 0 Å². The van der Waals surface area contributed by atoms with E-state index in [1.54, 1.807) is 0 Å². The largest absolute Gasteiger partial charge is 0.310 e. The van der Waals surface area contributed by atoms with Crippen LogP contribution in [-0.2, 0) is 0 Å². The molecule has 0 amide bonds. The summed E-state index contributed by atoms with van der Waals surface area (Å²) in [5, 5.41) is 3.80. The molecule has 1 heterocycles. The van der Waals surface area contributed by atoms with Gasteiger partial charge in [0, 0.05) is 18.1 Å². The highest BCUT2D eigenvalue weighted by Crippen LogP contribution is 2.23. The van der Waals surface area contributed by atoms with Crippen molar-refractivity contribution in [2.45, 2.75) is 78.3 Å². The van der Waals surface area contributed by atoms with Crippen molar-refractivity contribution in [1.82, 2.24) is 10.2 Å². The molecule has 2 atom stereocenters. The molecule has 108 valence electrons. The molecule has 2 nitrogen and oxygen atoms in total. The normalized spacial score (nSPS) is 24.5. The molecular weight excluding hydrogens is 220 g/mol. The second kappa shape index (κ2) is 7.49. The fourth-order valence-corrected chi connectivity index (χ4v) is 3.16. The minimum atomic E-state index is 0.361. The van der Waals surface area contributed by atoms with Crippen molar-refractivity contribution in [2.24, 2.45) is 5.92 Å². The molecule has 1 saturated heterocycles. The van der Waals surface area contributed by atoms with E-state index in [-0.39, 0.29) is 0 Å². The fourth-order valence-electron chi connectivity index (χ4n) is 3.16. The summed E-state index contributed by atoms with van der Waals surface area (Å²) in [5.74, 6) is 0.855. The van der Waals surface area contributed by atoms with Crippen LogP contribution < -0.4 is 5.32 Å². The second-order valence-electron chi connectivity index (χ2n) is 6.34. The first-order valence-electron chi connectivity index (χ1n) is 8.06. The average molecular weight is 254 g/mol. The summed E-state index contributed by atoms with van der Waals surface area (Å²) in [4.78, 5) is 2.74. The zero-order chi connectivity index (χ0) is 13.6. The van der Waals surface area contributed by atoms with Crippen LogP contribution in [0, 0.1) is 5.92 Å². The molecule has 0 aromatic heterocycles. The SMILES string of the molecule is CCC(C)CC(C)N1CCCNC(CC)(CC)C1. The van der Waals surface area contributed by atoms with Gasteiger partial charge in [-0.1, -0.05) is 34.1 Å². The predicted octanol–water partition coefficient (Wildman–Crippen LogP) is 3.67. The summed E-state index contributed by atoms with van der Waals surface area (Å²) >= 11 is 0. The Bertz CT molecular complexity index is 223. The Kier molecular flexibility index (Phi) is 6.65. The molecule has 1 rings (SSSR count). The van der Waals surface area contributed by atoms with E-state index in [4.69, 9.17) is 0 Å². The van der Waals surface area contributed by atoms with Crippen molar-refractivity contribution in [3.8, 4) is 0 Å².